The van der Waals surface area contributed by atoms with Gasteiger partial charge in [-0.1, -0.05) is 170 Å². The second kappa shape index (κ2) is 15.5. The van der Waals surface area contributed by atoms with Crippen LogP contribution in [0.1, 0.15) is 5.56 Å². The summed E-state index contributed by atoms with van der Waals surface area (Å²) in [6, 6.07) is 66.1. The molecule has 1 heterocycles. The number of hydrogen-bond acceptors (Lipinski definition) is 4. The molecule has 0 amide bonds. The third-order valence-electron chi connectivity index (χ3n) is 11.1. The lowest BCUT2D eigenvalue weighted by atomic mass is 9.84. The van der Waals surface area contributed by atoms with E-state index in [4.69, 9.17) is 10.5 Å². The van der Waals surface area contributed by atoms with Crippen LogP contribution in [-0.4, -0.2) is 16.4 Å². The van der Waals surface area contributed by atoms with Crippen molar-refractivity contribution >= 4 is 65.8 Å². The molecule has 0 saturated carbocycles. The van der Waals surface area contributed by atoms with Gasteiger partial charge in [-0.2, -0.15) is 5.10 Å². The molecule has 0 saturated heterocycles. The maximum Gasteiger partial charge on any atom is 0.109 e. The molecular weight excluding hydrogens is 717 g/mol. The minimum atomic E-state index is 0.348. The van der Waals surface area contributed by atoms with Crippen LogP contribution in [0, 0.1) is 5.41 Å². The van der Waals surface area contributed by atoms with Crippen LogP contribution in [0.2, 0.25) is 0 Å². The van der Waals surface area contributed by atoms with Crippen molar-refractivity contribution in [1.82, 2.24) is 4.98 Å². The molecule has 1 aliphatic carbocycles. The van der Waals surface area contributed by atoms with Crippen LogP contribution in [0.25, 0.3) is 82.0 Å². The van der Waals surface area contributed by atoms with Crippen molar-refractivity contribution in [2.24, 2.45) is 5.10 Å². The summed E-state index contributed by atoms with van der Waals surface area (Å²) in [6.07, 6.45) is 9.64. The highest BCUT2D eigenvalue weighted by atomic mass is 15.3. The summed E-state index contributed by atoms with van der Waals surface area (Å²) in [4.78, 5) is 4.40. The minimum absolute atomic E-state index is 0.348. The second-order valence-electron chi connectivity index (χ2n) is 14.7. The molecule has 0 radical (unpaired) electrons. The lowest BCUT2D eigenvalue weighted by Crippen LogP contribution is -2.14. The van der Waals surface area contributed by atoms with Crippen molar-refractivity contribution in [2.45, 2.75) is 0 Å². The number of hydrazone groups is 1. The highest BCUT2D eigenvalue weighted by molar-refractivity contribution is 6.52. The van der Waals surface area contributed by atoms with Crippen LogP contribution in [0.5, 0.6) is 0 Å². The average molecular weight is 755 g/mol. The molecule has 278 valence electrons. The highest BCUT2D eigenvalue weighted by Gasteiger charge is 2.20. The summed E-state index contributed by atoms with van der Waals surface area (Å²) in [5, 5.41) is 23.1. The lowest BCUT2D eigenvalue weighted by Gasteiger charge is -2.20. The van der Waals surface area contributed by atoms with Crippen LogP contribution in [0.4, 0.5) is 5.69 Å². The number of allylic oxidation sites excluding steroid dienone is 4. The van der Waals surface area contributed by atoms with Crippen molar-refractivity contribution in [2.75, 3.05) is 5.43 Å². The number of nitrogens with zero attached hydrogens (tertiary/aromatic N) is 2. The van der Waals surface area contributed by atoms with Crippen molar-refractivity contribution in [1.29, 1.82) is 5.41 Å². The number of aromatic nitrogens is 1. The molecule has 10 rings (SSSR count). The van der Waals surface area contributed by atoms with E-state index in [-0.39, 0.29) is 0 Å². The van der Waals surface area contributed by atoms with Crippen LogP contribution in [0.3, 0.4) is 0 Å². The predicted molar refractivity (Wildman–Crippen MR) is 251 cm³/mol. The standard InChI is InChI=1S/C55H38N4/c56-52-32-29-41(55-50-23-11-9-21-48(50)54(49-22-10-12-24-51(49)55)40-26-25-37-14-5-6-15-39(37)34-40)35-53(52)59-58-43-30-27-38(28-31-43)44-17-3-1-2-4-18-45(42-16-13-33-57-36-42)47-20-8-7-19-46(44)47/h1-36,56,58H/b2-1?,3-1?,4-2?,17-3?,18-4?,44-17?,45-18?,46-44?,47-45?,56-52?,59-53-. The molecule has 2 N–H and O–H groups in total. The largest absolute Gasteiger partial charge is 0.299 e. The monoisotopic (exact) mass is 754 g/mol. The van der Waals surface area contributed by atoms with E-state index in [0.717, 1.165) is 60.6 Å². The van der Waals surface area contributed by atoms with Crippen LogP contribution in [0.15, 0.2) is 224 Å². The Morgan fingerprint density at radius 1 is 0.441 bits per heavy atom. The quantitative estimate of drug-likeness (QED) is 0.101. The normalized spacial score (nSPS) is 13.2. The first-order chi connectivity index (χ1) is 29.2. The maximum atomic E-state index is 8.86. The van der Waals surface area contributed by atoms with Crippen molar-refractivity contribution in [3.05, 3.63) is 224 Å². The number of fused-ring (bicyclic) bond motifs is 4. The molecular formula is C55H38N4. The van der Waals surface area contributed by atoms with Gasteiger partial charge in [0.2, 0.25) is 0 Å². The number of benzene rings is 7. The van der Waals surface area contributed by atoms with Gasteiger partial charge in [-0.3, -0.25) is 15.8 Å². The third kappa shape index (κ3) is 6.83. The smallest absolute Gasteiger partial charge is 0.109 e. The third-order valence-corrected chi connectivity index (χ3v) is 11.1. The van der Waals surface area contributed by atoms with Gasteiger partial charge >= 0.3 is 0 Å². The Morgan fingerprint density at radius 3 is 1.64 bits per heavy atom. The second-order valence-corrected chi connectivity index (χ2v) is 14.7. The fraction of sp³-hybridized carbons (Fsp3) is 0. The fourth-order valence-corrected chi connectivity index (χ4v) is 8.31. The molecule has 9 aromatic rings. The SMILES string of the molecule is N=C1C=CC(c2c3ccccc3c(-c3ccc4ccccc4c3)c3ccccc23)=C/C1=N/Nc1ccc(-c2ccccccc(-c3cccnc3)c3ccccc23)cc1. The molecule has 0 unspecified atom stereocenters. The van der Waals surface area contributed by atoms with Gasteiger partial charge in [-0.25, -0.2) is 0 Å². The molecule has 0 spiro atoms. The summed E-state index contributed by atoms with van der Waals surface area (Å²) in [6.45, 7) is 0. The summed E-state index contributed by atoms with van der Waals surface area (Å²) in [5.41, 5.74) is 13.9. The Morgan fingerprint density at radius 2 is 1.00 bits per heavy atom. The van der Waals surface area contributed by atoms with Gasteiger partial charge < -0.3 is 0 Å². The van der Waals surface area contributed by atoms with Crippen molar-refractivity contribution in [3.8, 4) is 33.4 Å². The summed E-state index contributed by atoms with van der Waals surface area (Å²) in [7, 11) is 0. The number of nitrogens with one attached hydrogen (secondary N) is 2. The number of pyridine rings is 1. The van der Waals surface area contributed by atoms with Crippen LogP contribution < -0.4 is 5.43 Å². The van der Waals surface area contributed by atoms with E-state index in [1.165, 1.54) is 32.7 Å². The molecule has 1 aromatic heterocycles. The van der Waals surface area contributed by atoms with E-state index in [1.54, 1.807) is 6.20 Å². The topological polar surface area (TPSA) is 61.1 Å². The summed E-state index contributed by atoms with van der Waals surface area (Å²) in [5.74, 6) is 0. The zero-order valence-electron chi connectivity index (χ0n) is 32.2. The van der Waals surface area contributed by atoms with Gasteiger partial charge in [0.1, 0.15) is 5.71 Å². The van der Waals surface area contributed by atoms with Gasteiger partial charge in [0.25, 0.3) is 0 Å². The zero-order valence-corrected chi connectivity index (χ0v) is 32.2. The lowest BCUT2D eigenvalue weighted by molar-refractivity contribution is 1.33. The summed E-state index contributed by atoms with van der Waals surface area (Å²) >= 11 is 0. The van der Waals surface area contributed by atoms with Crippen molar-refractivity contribution in [3.63, 3.8) is 0 Å². The minimum Gasteiger partial charge on any atom is -0.299 e. The Balaban J connectivity index is 1.02. The Hall–Kier alpha value is -7.95. The van der Waals surface area contributed by atoms with Gasteiger partial charge in [-0.15, -0.1) is 0 Å². The van der Waals surface area contributed by atoms with E-state index >= 15 is 0 Å². The molecule has 59 heavy (non-hydrogen) atoms. The molecule has 1 aliphatic rings. The number of hydrogen-bond donors (Lipinski definition) is 2. The number of anilines is 1. The zero-order chi connectivity index (χ0) is 39.5. The molecule has 0 aliphatic heterocycles. The Labute approximate surface area is 343 Å². The van der Waals surface area contributed by atoms with Crippen molar-refractivity contribution < 1.29 is 0 Å². The molecule has 4 nitrogen and oxygen atoms in total. The van der Waals surface area contributed by atoms with E-state index in [0.29, 0.717) is 11.4 Å². The molecule has 8 aromatic carbocycles. The highest BCUT2D eigenvalue weighted by Crippen LogP contribution is 2.43. The average Bonchev–Trinajstić information content (AvgIpc) is 3.29. The number of rotatable bonds is 6. The van der Waals surface area contributed by atoms with E-state index < -0.39 is 0 Å². The Bertz CT molecular complexity index is 3190. The van der Waals surface area contributed by atoms with Gasteiger partial charge in [0.15, 0.2) is 0 Å². The van der Waals surface area contributed by atoms with Gasteiger partial charge in [-0.05, 0) is 118 Å². The first-order valence-corrected chi connectivity index (χ1v) is 19.8. The fourth-order valence-electron chi connectivity index (χ4n) is 8.31. The molecule has 4 heteroatoms. The van der Waals surface area contributed by atoms with Gasteiger partial charge in [0, 0.05) is 18.0 Å². The molecule has 0 bridgehead atoms. The van der Waals surface area contributed by atoms with E-state index in [1.807, 2.05) is 42.6 Å². The summed E-state index contributed by atoms with van der Waals surface area (Å²) < 4.78 is 0. The first kappa shape index (κ1) is 35.5. The molecule has 0 fully saturated rings. The maximum absolute atomic E-state index is 8.86. The molecule has 0 atom stereocenters. The van der Waals surface area contributed by atoms with E-state index in [2.05, 4.69) is 180 Å². The predicted octanol–water partition coefficient (Wildman–Crippen LogP) is 14.3. The van der Waals surface area contributed by atoms with Crippen LogP contribution in [-0.2, 0) is 0 Å². The van der Waals surface area contributed by atoms with Crippen LogP contribution >= 0.6 is 0 Å². The first-order valence-electron chi connectivity index (χ1n) is 19.8. The van der Waals surface area contributed by atoms with Gasteiger partial charge in [0.05, 0.1) is 11.4 Å². The Kier molecular flexibility index (Phi) is 9.34. The van der Waals surface area contributed by atoms with E-state index in [9.17, 15) is 0 Å².